The smallest absolute Gasteiger partial charge is 0.272 e. The van der Waals surface area contributed by atoms with Gasteiger partial charge in [0, 0.05) is 18.5 Å². The minimum atomic E-state index is -0.454. The number of aromatic nitrogens is 2. The van der Waals surface area contributed by atoms with E-state index in [9.17, 15) is 9.59 Å². The third kappa shape index (κ3) is 2.31. The molecule has 0 bridgehead atoms. The van der Waals surface area contributed by atoms with E-state index in [-0.39, 0.29) is 11.8 Å². The molecule has 0 atom stereocenters. The molecule has 1 aromatic carbocycles. The average Bonchev–Trinajstić information content (AvgIpc) is 3.03. The molecule has 6 nitrogen and oxygen atoms in total. The predicted octanol–water partition coefficient (Wildman–Crippen LogP) is 1.86. The number of nitrogens with zero attached hydrogens (tertiary/aromatic N) is 4. The second-order valence-corrected chi connectivity index (χ2v) is 6.56. The van der Waals surface area contributed by atoms with Crippen molar-refractivity contribution in [1.82, 2.24) is 19.6 Å². The van der Waals surface area contributed by atoms with Crippen LogP contribution in [-0.4, -0.2) is 44.5 Å². The van der Waals surface area contributed by atoms with Crippen LogP contribution in [0.3, 0.4) is 0 Å². The van der Waals surface area contributed by atoms with Crippen LogP contribution in [-0.2, 0) is 10.2 Å². The maximum absolute atomic E-state index is 13.1. The van der Waals surface area contributed by atoms with E-state index in [1.807, 2.05) is 30.3 Å². The molecule has 2 fully saturated rings. The van der Waals surface area contributed by atoms with Crippen LogP contribution in [0.4, 0.5) is 0 Å². The summed E-state index contributed by atoms with van der Waals surface area (Å²) in [6.07, 6.45) is 2.47. The zero-order valence-electron chi connectivity index (χ0n) is 12.5. The Morgan fingerprint density at radius 2 is 1.83 bits per heavy atom. The highest BCUT2D eigenvalue weighted by atomic mass is 32.1. The molecule has 2 aliphatic rings. The largest absolute Gasteiger partial charge is 0.293 e. The molecule has 23 heavy (non-hydrogen) atoms. The number of hydrogen-bond acceptors (Lipinski definition) is 5. The highest BCUT2D eigenvalue weighted by Gasteiger charge is 2.54. The highest BCUT2D eigenvalue weighted by Crippen LogP contribution is 2.50. The summed E-state index contributed by atoms with van der Waals surface area (Å²) in [5, 5.41) is 8.59. The van der Waals surface area contributed by atoms with Crippen molar-refractivity contribution in [2.75, 3.05) is 13.1 Å². The molecule has 0 spiro atoms. The van der Waals surface area contributed by atoms with Crippen molar-refractivity contribution >= 4 is 23.3 Å². The Kier molecular flexibility index (Phi) is 3.37. The summed E-state index contributed by atoms with van der Waals surface area (Å²) in [6.45, 7) is 1.13. The lowest BCUT2D eigenvalue weighted by Crippen LogP contribution is -2.49. The second kappa shape index (κ2) is 5.42. The number of hydrazine groups is 1. The molecular weight excluding hydrogens is 312 g/mol. The lowest BCUT2D eigenvalue weighted by molar-refractivity contribution is -0.143. The SMILES string of the molecule is O=C(c1csnn1)N1CCCN1C(=O)C1(c2ccccc2)CC1. The van der Waals surface area contributed by atoms with Gasteiger partial charge in [0.1, 0.15) is 0 Å². The Balaban J connectivity index is 1.60. The molecule has 2 aromatic rings. The summed E-state index contributed by atoms with van der Waals surface area (Å²) in [4.78, 5) is 25.7. The predicted molar refractivity (Wildman–Crippen MR) is 84.6 cm³/mol. The summed E-state index contributed by atoms with van der Waals surface area (Å²) >= 11 is 1.14. The van der Waals surface area contributed by atoms with E-state index >= 15 is 0 Å². The van der Waals surface area contributed by atoms with E-state index in [0.717, 1.165) is 36.4 Å². The lowest BCUT2D eigenvalue weighted by atomic mass is 9.95. The topological polar surface area (TPSA) is 66.4 Å². The molecule has 1 saturated heterocycles. The molecule has 0 unspecified atom stereocenters. The Labute approximate surface area is 137 Å². The Morgan fingerprint density at radius 3 is 2.48 bits per heavy atom. The zero-order chi connectivity index (χ0) is 15.9. The minimum absolute atomic E-state index is 0.0257. The fourth-order valence-corrected chi connectivity index (χ4v) is 3.61. The molecular formula is C16H16N4O2S. The van der Waals surface area contributed by atoms with Crippen LogP contribution in [0.15, 0.2) is 35.7 Å². The normalized spacial score (nSPS) is 19.0. The molecule has 7 heteroatoms. The van der Waals surface area contributed by atoms with Crippen molar-refractivity contribution in [3.05, 3.63) is 47.0 Å². The number of carbonyl (C=O) groups is 2. The van der Waals surface area contributed by atoms with Gasteiger partial charge in [0.2, 0.25) is 0 Å². The van der Waals surface area contributed by atoms with Crippen LogP contribution in [0.25, 0.3) is 0 Å². The Hall–Kier alpha value is -2.28. The minimum Gasteiger partial charge on any atom is -0.272 e. The number of rotatable bonds is 3. The van der Waals surface area contributed by atoms with Gasteiger partial charge in [-0.1, -0.05) is 34.8 Å². The molecule has 4 rings (SSSR count). The van der Waals surface area contributed by atoms with Gasteiger partial charge in [-0.2, -0.15) is 0 Å². The van der Waals surface area contributed by atoms with Gasteiger partial charge in [0.05, 0.1) is 5.41 Å². The summed E-state index contributed by atoms with van der Waals surface area (Å²) in [6, 6.07) is 9.85. The van der Waals surface area contributed by atoms with Gasteiger partial charge >= 0.3 is 0 Å². The zero-order valence-corrected chi connectivity index (χ0v) is 13.3. The third-order valence-corrected chi connectivity index (χ3v) is 5.07. The summed E-state index contributed by atoms with van der Waals surface area (Å²) in [7, 11) is 0. The van der Waals surface area contributed by atoms with Gasteiger partial charge in [-0.3, -0.25) is 14.6 Å². The quantitative estimate of drug-likeness (QED) is 0.862. The lowest BCUT2D eigenvalue weighted by Gasteiger charge is -2.30. The van der Waals surface area contributed by atoms with Gasteiger partial charge in [-0.05, 0) is 36.4 Å². The maximum atomic E-state index is 13.1. The molecule has 118 valence electrons. The number of hydrogen-bond donors (Lipinski definition) is 0. The first-order valence-corrected chi connectivity index (χ1v) is 8.52. The Morgan fingerprint density at radius 1 is 1.09 bits per heavy atom. The van der Waals surface area contributed by atoms with Gasteiger partial charge in [0.25, 0.3) is 11.8 Å². The summed E-state index contributed by atoms with van der Waals surface area (Å²) in [5.74, 6) is -0.216. The monoisotopic (exact) mass is 328 g/mol. The molecule has 2 amide bonds. The van der Waals surface area contributed by atoms with Crippen molar-refractivity contribution in [3.8, 4) is 0 Å². The molecule has 1 aliphatic carbocycles. The van der Waals surface area contributed by atoms with E-state index in [1.165, 1.54) is 5.01 Å². The van der Waals surface area contributed by atoms with E-state index in [0.29, 0.717) is 18.8 Å². The maximum Gasteiger partial charge on any atom is 0.293 e. The van der Waals surface area contributed by atoms with Gasteiger partial charge in [0.15, 0.2) is 5.69 Å². The average molecular weight is 328 g/mol. The van der Waals surface area contributed by atoms with Crippen molar-refractivity contribution in [2.24, 2.45) is 0 Å². The van der Waals surface area contributed by atoms with E-state index < -0.39 is 5.41 Å². The molecule has 1 saturated carbocycles. The van der Waals surface area contributed by atoms with Crippen LogP contribution in [0.1, 0.15) is 35.3 Å². The molecule has 0 radical (unpaired) electrons. The number of benzene rings is 1. The molecule has 1 aromatic heterocycles. The van der Waals surface area contributed by atoms with Crippen LogP contribution in [0.2, 0.25) is 0 Å². The Bertz CT molecular complexity index is 728. The molecule has 0 N–H and O–H groups in total. The first-order chi connectivity index (χ1) is 11.2. The van der Waals surface area contributed by atoms with Crippen LogP contribution in [0, 0.1) is 0 Å². The summed E-state index contributed by atoms with van der Waals surface area (Å²) in [5.41, 5.74) is 0.892. The van der Waals surface area contributed by atoms with Gasteiger partial charge < -0.3 is 0 Å². The third-order valence-electron chi connectivity index (χ3n) is 4.57. The highest BCUT2D eigenvalue weighted by molar-refractivity contribution is 7.03. The number of amides is 2. The second-order valence-electron chi connectivity index (χ2n) is 5.95. The van der Waals surface area contributed by atoms with E-state index in [2.05, 4.69) is 9.59 Å². The molecule has 2 heterocycles. The van der Waals surface area contributed by atoms with Gasteiger partial charge in [-0.25, -0.2) is 5.01 Å². The summed E-state index contributed by atoms with van der Waals surface area (Å²) < 4.78 is 3.73. The molecule has 1 aliphatic heterocycles. The van der Waals surface area contributed by atoms with E-state index in [1.54, 1.807) is 10.4 Å². The van der Waals surface area contributed by atoms with Crippen LogP contribution < -0.4 is 0 Å². The standard InChI is InChI=1S/C16H16N4O2S/c21-14(13-11-23-18-17-13)19-9-4-10-20(19)15(22)16(7-8-16)12-5-2-1-3-6-12/h1-3,5-6,11H,4,7-10H2. The number of carbonyl (C=O) groups excluding carboxylic acids is 2. The van der Waals surface area contributed by atoms with Crippen molar-refractivity contribution in [1.29, 1.82) is 0 Å². The van der Waals surface area contributed by atoms with Crippen LogP contribution >= 0.6 is 11.5 Å². The fraction of sp³-hybridized carbons (Fsp3) is 0.375. The fourth-order valence-electron chi connectivity index (χ4n) is 3.18. The first kappa shape index (κ1) is 14.3. The van der Waals surface area contributed by atoms with Gasteiger partial charge in [-0.15, -0.1) is 5.10 Å². The van der Waals surface area contributed by atoms with Crippen LogP contribution in [0.5, 0.6) is 0 Å². The van der Waals surface area contributed by atoms with Crippen molar-refractivity contribution in [3.63, 3.8) is 0 Å². The van der Waals surface area contributed by atoms with Crippen molar-refractivity contribution < 1.29 is 9.59 Å². The van der Waals surface area contributed by atoms with E-state index in [4.69, 9.17) is 0 Å². The first-order valence-electron chi connectivity index (χ1n) is 7.69. The van der Waals surface area contributed by atoms with Crippen molar-refractivity contribution in [2.45, 2.75) is 24.7 Å².